The number of fused-ring (bicyclic) bond motifs is 1. The number of anilines is 1. The number of nitrogens with zero attached hydrogens (tertiary/aromatic N) is 1. The highest BCUT2D eigenvalue weighted by Gasteiger charge is 2.34. The van der Waals surface area contributed by atoms with E-state index in [0.29, 0.717) is 11.5 Å². The molecule has 1 saturated heterocycles. The van der Waals surface area contributed by atoms with E-state index in [2.05, 4.69) is 10.6 Å². The molecule has 0 aromatic heterocycles. The summed E-state index contributed by atoms with van der Waals surface area (Å²) in [7, 11) is 1.51. The Morgan fingerprint density at radius 1 is 1.16 bits per heavy atom. The molecular weight excluding hydrogens is 419 g/mol. The van der Waals surface area contributed by atoms with Crippen molar-refractivity contribution < 1.29 is 37.0 Å². The molecule has 0 bridgehead atoms. The van der Waals surface area contributed by atoms with E-state index in [1.807, 2.05) is 0 Å². The fourth-order valence-electron chi connectivity index (χ4n) is 3.20. The molecule has 4 rings (SSSR count). The molecule has 1 unspecified atom stereocenters. The van der Waals surface area contributed by atoms with Crippen LogP contribution >= 0.6 is 0 Å². The van der Waals surface area contributed by atoms with Crippen molar-refractivity contribution in [3.63, 3.8) is 0 Å². The number of rotatable bonds is 4. The van der Waals surface area contributed by atoms with Crippen molar-refractivity contribution in [3.8, 4) is 23.0 Å². The van der Waals surface area contributed by atoms with Crippen LogP contribution in [0, 0.1) is 0 Å². The minimum Gasteiger partial charge on any atom is -0.486 e. The lowest BCUT2D eigenvalue weighted by molar-refractivity contribution is -0.137. The van der Waals surface area contributed by atoms with Gasteiger partial charge in [-0.05, 0) is 24.3 Å². The summed E-state index contributed by atoms with van der Waals surface area (Å²) in [4.78, 5) is 25.6. The number of likely N-dealkylation sites (N-methyl/N-ethyl adjacent to an activating group) is 1. The summed E-state index contributed by atoms with van der Waals surface area (Å²) in [6.45, 7) is 0.717. The average Bonchev–Trinajstić information content (AvgIpc) is 3.06. The number of benzene rings is 2. The largest absolute Gasteiger partial charge is 0.486 e. The van der Waals surface area contributed by atoms with E-state index < -0.39 is 23.7 Å². The minimum absolute atomic E-state index is 0.155. The van der Waals surface area contributed by atoms with Gasteiger partial charge in [-0.15, -0.1) is 0 Å². The number of urea groups is 1. The van der Waals surface area contributed by atoms with Gasteiger partial charge in [0.2, 0.25) is 5.91 Å². The highest BCUT2D eigenvalue weighted by atomic mass is 19.4. The normalized spacial score (nSPS) is 17.9. The number of amides is 3. The lowest BCUT2D eigenvalue weighted by Gasteiger charge is -2.24. The van der Waals surface area contributed by atoms with Gasteiger partial charge in [-0.2, -0.15) is 13.2 Å². The average molecular weight is 437 g/mol. The third-order valence-corrected chi connectivity index (χ3v) is 4.83. The number of carbonyl (C=O) groups excluding carboxylic acids is 2. The van der Waals surface area contributed by atoms with E-state index in [0.717, 1.165) is 12.1 Å². The van der Waals surface area contributed by atoms with Gasteiger partial charge in [-0.1, -0.05) is 0 Å². The molecule has 164 valence electrons. The predicted molar refractivity (Wildman–Crippen MR) is 103 cm³/mol. The zero-order valence-corrected chi connectivity index (χ0v) is 16.3. The molecule has 31 heavy (non-hydrogen) atoms. The molecule has 2 aliphatic heterocycles. The Morgan fingerprint density at radius 2 is 1.87 bits per heavy atom. The lowest BCUT2D eigenvalue weighted by Crippen LogP contribution is -2.40. The van der Waals surface area contributed by atoms with Crippen molar-refractivity contribution in [2.24, 2.45) is 0 Å². The molecule has 2 heterocycles. The topological polar surface area (TPSA) is 89.1 Å². The molecule has 2 N–H and O–H groups in total. The molecule has 2 aromatic carbocycles. The first-order valence-electron chi connectivity index (χ1n) is 9.32. The predicted octanol–water partition coefficient (Wildman–Crippen LogP) is 3.23. The van der Waals surface area contributed by atoms with Gasteiger partial charge < -0.3 is 29.7 Å². The Kier molecular flexibility index (Phi) is 5.25. The summed E-state index contributed by atoms with van der Waals surface area (Å²) in [5.41, 5.74) is -0.532. The van der Waals surface area contributed by atoms with Crippen molar-refractivity contribution in [3.05, 3.63) is 42.0 Å². The molecule has 0 aliphatic carbocycles. The third kappa shape index (κ3) is 4.30. The Hall–Kier alpha value is -3.63. The Labute approximate surface area is 174 Å². The van der Waals surface area contributed by atoms with Crippen LogP contribution in [-0.2, 0) is 11.0 Å². The summed E-state index contributed by atoms with van der Waals surface area (Å²) >= 11 is 0. The zero-order chi connectivity index (χ0) is 22.2. The maximum atomic E-state index is 12.7. The van der Waals surface area contributed by atoms with Crippen molar-refractivity contribution in [1.82, 2.24) is 10.2 Å². The maximum Gasteiger partial charge on any atom is 0.416 e. The summed E-state index contributed by atoms with van der Waals surface area (Å²) in [6, 6.07) is 6.15. The van der Waals surface area contributed by atoms with E-state index >= 15 is 0 Å². The molecule has 0 spiro atoms. The van der Waals surface area contributed by atoms with Crippen LogP contribution in [0.15, 0.2) is 36.4 Å². The Morgan fingerprint density at radius 3 is 2.52 bits per heavy atom. The standard InChI is InChI=1S/C20H18F3N3O5/c1-26-15(10-24-19(26)28)18(27)25-14-8-13(9-16-17(14)30-7-6-29-16)31-12-4-2-11(3-5-12)20(21,22)23/h2-5,8-9,15H,6-7,10H2,1H3,(H,24,28)(H,25,27). The Balaban J connectivity index is 1.58. The first kappa shape index (κ1) is 20.6. The van der Waals surface area contributed by atoms with Crippen LogP contribution in [0.4, 0.5) is 23.7 Å². The molecule has 11 heteroatoms. The fourth-order valence-corrected chi connectivity index (χ4v) is 3.20. The first-order valence-corrected chi connectivity index (χ1v) is 9.32. The van der Waals surface area contributed by atoms with Gasteiger partial charge in [0.25, 0.3) is 0 Å². The van der Waals surface area contributed by atoms with Gasteiger partial charge in [-0.25, -0.2) is 4.79 Å². The van der Waals surface area contributed by atoms with Crippen molar-refractivity contribution >= 4 is 17.6 Å². The van der Waals surface area contributed by atoms with Gasteiger partial charge in [0.05, 0.1) is 11.3 Å². The van der Waals surface area contributed by atoms with E-state index in [1.165, 1.54) is 36.2 Å². The highest BCUT2D eigenvalue weighted by Crippen LogP contribution is 2.42. The van der Waals surface area contributed by atoms with Crippen LogP contribution in [0.1, 0.15) is 5.56 Å². The van der Waals surface area contributed by atoms with Crippen molar-refractivity contribution in [2.75, 3.05) is 32.1 Å². The van der Waals surface area contributed by atoms with Crippen molar-refractivity contribution in [1.29, 1.82) is 0 Å². The number of hydrogen-bond donors (Lipinski definition) is 2. The molecule has 0 saturated carbocycles. The van der Waals surface area contributed by atoms with Crippen LogP contribution in [0.2, 0.25) is 0 Å². The third-order valence-electron chi connectivity index (χ3n) is 4.83. The minimum atomic E-state index is -4.45. The number of alkyl halides is 3. The zero-order valence-electron chi connectivity index (χ0n) is 16.3. The van der Waals surface area contributed by atoms with Gasteiger partial charge in [0.1, 0.15) is 30.8 Å². The number of halogens is 3. The van der Waals surface area contributed by atoms with Gasteiger partial charge in [0.15, 0.2) is 11.5 Å². The summed E-state index contributed by atoms with van der Waals surface area (Å²) in [5.74, 6) is 0.587. The van der Waals surface area contributed by atoms with E-state index in [-0.39, 0.29) is 43.0 Å². The van der Waals surface area contributed by atoms with E-state index in [4.69, 9.17) is 14.2 Å². The molecular formula is C20H18F3N3O5. The monoisotopic (exact) mass is 437 g/mol. The SMILES string of the molecule is CN1C(=O)NCC1C(=O)Nc1cc(Oc2ccc(C(F)(F)F)cc2)cc2c1OCCO2. The summed E-state index contributed by atoms with van der Waals surface area (Å²) in [5, 5.41) is 5.28. The van der Waals surface area contributed by atoms with Crippen LogP contribution in [0.5, 0.6) is 23.0 Å². The second-order valence-electron chi connectivity index (χ2n) is 6.92. The molecule has 3 amide bonds. The first-order chi connectivity index (χ1) is 14.7. The second kappa shape index (κ2) is 7.89. The van der Waals surface area contributed by atoms with Crippen LogP contribution in [0.25, 0.3) is 0 Å². The van der Waals surface area contributed by atoms with Gasteiger partial charge >= 0.3 is 12.2 Å². The maximum absolute atomic E-state index is 12.7. The smallest absolute Gasteiger partial charge is 0.416 e. The van der Waals surface area contributed by atoms with Crippen LogP contribution < -0.4 is 24.8 Å². The number of nitrogens with one attached hydrogen (secondary N) is 2. The highest BCUT2D eigenvalue weighted by molar-refractivity contribution is 6.00. The summed E-state index contributed by atoms with van der Waals surface area (Å²) < 4.78 is 55.1. The number of carbonyl (C=O) groups is 2. The lowest BCUT2D eigenvalue weighted by atomic mass is 10.2. The van der Waals surface area contributed by atoms with Crippen LogP contribution in [0.3, 0.4) is 0 Å². The van der Waals surface area contributed by atoms with Crippen LogP contribution in [-0.4, -0.2) is 49.7 Å². The second-order valence-corrected chi connectivity index (χ2v) is 6.92. The van der Waals surface area contributed by atoms with E-state index in [9.17, 15) is 22.8 Å². The number of ether oxygens (including phenoxy) is 3. The quantitative estimate of drug-likeness (QED) is 0.767. The molecule has 8 nitrogen and oxygen atoms in total. The van der Waals surface area contributed by atoms with Gasteiger partial charge in [-0.3, -0.25) is 4.79 Å². The molecule has 2 aromatic rings. The Bertz CT molecular complexity index is 1010. The number of hydrogen-bond acceptors (Lipinski definition) is 5. The molecule has 1 atom stereocenters. The van der Waals surface area contributed by atoms with Gasteiger partial charge in [0, 0.05) is 25.7 Å². The van der Waals surface area contributed by atoms with E-state index in [1.54, 1.807) is 0 Å². The van der Waals surface area contributed by atoms with Crippen molar-refractivity contribution in [2.45, 2.75) is 12.2 Å². The summed E-state index contributed by atoms with van der Waals surface area (Å²) in [6.07, 6.45) is -4.45. The molecule has 2 aliphatic rings. The molecule has 1 fully saturated rings. The molecule has 0 radical (unpaired) electrons. The fraction of sp³-hybridized carbons (Fsp3) is 0.300.